The molecule has 0 aliphatic carbocycles. The molecule has 0 unspecified atom stereocenters. The molecular weight excluding hydrogens is 250 g/mol. The highest BCUT2D eigenvalue weighted by atomic mass is 16.5. The monoisotopic (exact) mass is 279 g/mol. The molecule has 1 rings (SSSR count). The van der Waals surface area contributed by atoms with Gasteiger partial charge in [-0.15, -0.1) is 0 Å². The third kappa shape index (κ3) is 5.83. The first kappa shape index (κ1) is 16.8. The van der Waals surface area contributed by atoms with E-state index in [1.807, 2.05) is 13.0 Å². The first-order valence-corrected chi connectivity index (χ1v) is 7.84. The highest BCUT2D eigenvalue weighted by Gasteiger charge is 2.09. The number of unbranched alkanes of at least 4 members (excludes halogenated alkanes) is 1. The molecule has 0 fully saturated rings. The van der Waals surface area contributed by atoms with Crippen LogP contribution in [0, 0.1) is 0 Å². The van der Waals surface area contributed by atoms with Crippen LogP contribution in [0.1, 0.15) is 52.5 Å². The van der Waals surface area contributed by atoms with E-state index < -0.39 is 0 Å². The van der Waals surface area contributed by atoms with Crippen LogP contribution < -0.4 is 14.8 Å². The average Bonchev–Trinajstić information content (AvgIpc) is 2.46. The largest absolute Gasteiger partial charge is 0.490 e. The quantitative estimate of drug-likeness (QED) is 0.653. The number of rotatable bonds is 10. The standard InChI is InChI=1S/C17H29NO2/c1-5-8-11-18-13-15-9-10-16(20-14(4)6-2)17(12-15)19-7-3/h9-10,12,14,18H,5-8,11,13H2,1-4H3/t14-/m0/s1. The van der Waals surface area contributed by atoms with Gasteiger partial charge in [0.25, 0.3) is 0 Å². The van der Waals surface area contributed by atoms with Gasteiger partial charge in [0, 0.05) is 6.54 Å². The molecule has 0 saturated heterocycles. The van der Waals surface area contributed by atoms with Crippen molar-refractivity contribution in [3.8, 4) is 11.5 Å². The molecule has 0 bridgehead atoms. The van der Waals surface area contributed by atoms with E-state index in [-0.39, 0.29) is 6.10 Å². The van der Waals surface area contributed by atoms with Gasteiger partial charge in [-0.2, -0.15) is 0 Å². The summed E-state index contributed by atoms with van der Waals surface area (Å²) >= 11 is 0. The zero-order valence-electron chi connectivity index (χ0n) is 13.4. The Labute approximate surface area is 123 Å². The number of ether oxygens (including phenoxy) is 2. The van der Waals surface area contributed by atoms with Crippen molar-refractivity contribution in [2.75, 3.05) is 13.2 Å². The van der Waals surface area contributed by atoms with Crippen molar-refractivity contribution in [1.82, 2.24) is 5.32 Å². The van der Waals surface area contributed by atoms with E-state index in [1.165, 1.54) is 18.4 Å². The van der Waals surface area contributed by atoms with Crippen molar-refractivity contribution in [2.24, 2.45) is 0 Å². The van der Waals surface area contributed by atoms with E-state index in [0.717, 1.165) is 31.0 Å². The lowest BCUT2D eigenvalue weighted by Crippen LogP contribution is -2.15. The lowest BCUT2D eigenvalue weighted by molar-refractivity contribution is 0.203. The molecule has 1 aromatic carbocycles. The molecule has 0 aromatic heterocycles. The van der Waals surface area contributed by atoms with Crippen molar-refractivity contribution < 1.29 is 9.47 Å². The number of hydrogen-bond acceptors (Lipinski definition) is 3. The van der Waals surface area contributed by atoms with E-state index in [9.17, 15) is 0 Å². The van der Waals surface area contributed by atoms with Crippen molar-refractivity contribution >= 4 is 0 Å². The zero-order chi connectivity index (χ0) is 14.8. The summed E-state index contributed by atoms with van der Waals surface area (Å²) in [5.74, 6) is 1.70. The second-order valence-corrected chi connectivity index (χ2v) is 5.08. The van der Waals surface area contributed by atoms with E-state index >= 15 is 0 Å². The molecule has 1 N–H and O–H groups in total. The van der Waals surface area contributed by atoms with E-state index in [2.05, 4.69) is 38.2 Å². The third-order valence-corrected chi connectivity index (χ3v) is 3.25. The predicted molar refractivity (Wildman–Crippen MR) is 84.6 cm³/mol. The maximum atomic E-state index is 5.90. The molecule has 0 aliphatic heterocycles. The fourth-order valence-electron chi connectivity index (χ4n) is 1.86. The third-order valence-electron chi connectivity index (χ3n) is 3.25. The molecule has 1 atom stereocenters. The normalized spacial score (nSPS) is 12.2. The van der Waals surface area contributed by atoms with Gasteiger partial charge in [-0.1, -0.05) is 26.3 Å². The summed E-state index contributed by atoms with van der Waals surface area (Å²) in [7, 11) is 0. The summed E-state index contributed by atoms with van der Waals surface area (Å²) in [6, 6.07) is 6.22. The van der Waals surface area contributed by atoms with Crippen LogP contribution in [0.15, 0.2) is 18.2 Å². The van der Waals surface area contributed by atoms with Gasteiger partial charge in [0.05, 0.1) is 12.7 Å². The van der Waals surface area contributed by atoms with Gasteiger partial charge in [0.2, 0.25) is 0 Å². The highest BCUT2D eigenvalue weighted by Crippen LogP contribution is 2.29. The van der Waals surface area contributed by atoms with Gasteiger partial charge in [-0.3, -0.25) is 0 Å². The summed E-state index contributed by atoms with van der Waals surface area (Å²) in [5.41, 5.74) is 1.24. The van der Waals surface area contributed by atoms with Crippen molar-refractivity contribution in [1.29, 1.82) is 0 Å². The fourth-order valence-corrected chi connectivity index (χ4v) is 1.86. The topological polar surface area (TPSA) is 30.5 Å². The van der Waals surface area contributed by atoms with Gasteiger partial charge in [0.15, 0.2) is 11.5 Å². The Morgan fingerprint density at radius 1 is 1.15 bits per heavy atom. The van der Waals surface area contributed by atoms with Gasteiger partial charge >= 0.3 is 0 Å². The number of nitrogens with one attached hydrogen (secondary N) is 1. The Kier molecular flexibility index (Phi) is 8.12. The van der Waals surface area contributed by atoms with E-state index in [4.69, 9.17) is 9.47 Å². The molecule has 0 heterocycles. The van der Waals surface area contributed by atoms with E-state index in [0.29, 0.717) is 6.61 Å². The maximum absolute atomic E-state index is 5.90. The minimum atomic E-state index is 0.211. The van der Waals surface area contributed by atoms with Gasteiger partial charge in [-0.25, -0.2) is 0 Å². The van der Waals surface area contributed by atoms with Crippen molar-refractivity contribution in [2.45, 2.75) is 59.6 Å². The predicted octanol–water partition coefficient (Wildman–Crippen LogP) is 4.15. The summed E-state index contributed by atoms with van der Waals surface area (Å²) in [6.45, 7) is 11.0. The van der Waals surface area contributed by atoms with Crippen LogP contribution in [0.2, 0.25) is 0 Å². The summed E-state index contributed by atoms with van der Waals surface area (Å²) in [6.07, 6.45) is 3.64. The SMILES string of the molecule is CCCCNCc1ccc(O[C@@H](C)CC)c(OCC)c1. The summed E-state index contributed by atoms with van der Waals surface area (Å²) in [4.78, 5) is 0. The van der Waals surface area contributed by atoms with Crippen LogP contribution in [0.3, 0.4) is 0 Å². The molecule has 0 amide bonds. The Hall–Kier alpha value is -1.22. The van der Waals surface area contributed by atoms with Gasteiger partial charge in [0.1, 0.15) is 0 Å². The minimum Gasteiger partial charge on any atom is -0.490 e. The number of benzene rings is 1. The Morgan fingerprint density at radius 2 is 1.95 bits per heavy atom. The first-order valence-electron chi connectivity index (χ1n) is 7.84. The molecule has 20 heavy (non-hydrogen) atoms. The lowest BCUT2D eigenvalue weighted by atomic mass is 10.2. The van der Waals surface area contributed by atoms with Crippen molar-refractivity contribution in [3.05, 3.63) is 23.8 Å². The lowest BCUT2D eigenvalue weighted by Gasteiger charge is -2.17. The minimum absolute atomic E-state index is 0.211. The first-order chi connectivity index (χ1) is 9.71. The molecule has 0 spiro atoms. The van der Waals surface area contributed by atoms with Gasteiger partial charge < -0.3 is 14.8 Å². The molecule has 3 nitrogen and oxygen atoms in total. The Morgan fingerprint density at radius 3 is 2.60 bits per heavy atom. The smallest absolute Gasteiger partial charge is 0.161 e. The molecule has 0 aliphatic rings. The van der Waals surface area contributed by atoms with E-state index in [1.54, 1.807) is 0 Å². The Balaban J connectivity index is 2.67. The second-order valence-electron chi connectivity index (χ2n) is 5.08. The van der Waals surface area contributed by atoms with Crippen LogP contribution in [0.25, 0.3) is 0 Å². The van der Waals surface area contributed by atoms with Crippen LogP contribution in [0.4, 0.5) is 0 Å². The Bertz CT molecular complexity index is 379. The van der Waals surface area contributed by atoms with Crippen LogP contribution >= 0.6 is 0 Å². The molecule has 3 heteroatoms. The highest BCUT2D eigenvalue weighted by molar-refractivity contribution is 5.43. The molecule has 0 radical (unpaired) electrons. The average molecular weight is 279 g/mol. The van der Waals surface area contributed by atoms with Crippen LogP contribution in [0.5, 0.6) is 11.5 Å². The summed E-state index contributed by atoms with van der Waals surface area (Å²) in [5, 5.41) is 3.45. The molecule has 1 aromatic rings. The van der Waals surface area contributed by atoms with Crippen LogP contribution in [-0.4, -0.2) is 19.3 Å². The fraction of sp³-hybridized carbons (Fsp3) is 0.647. The molecule has 0 saturated carbocycles. The second kappa shape index (κ2) is 9.65. The molecule has 114 valence electrons. The van der Waals surface area contributed by atoms with Gasteiger partial charge in [-0.05, 0) is 50.9 Å². The van der Waals surface area contributed by atoms with Crippen molar-refractivity contribution in [3.63, 3.8) is 0 Å². The summed E-state index contributed by atoms with van der Waals surface area (Å²) < 4.78 is 11.6. The van der Waals surface area contributed by atoms with Crippen LogP contribution in [-0.2, 0) is 6.54 Å². The molecular formula is C17H29NO2. The maximum Gasteiger partial charge on any atom is 0.161 e. The number of hydrogen-bond donors (Lipinski definition) is 1. The zero-order valence-corrected chi connectivity index (χ0v) is 13.4.